The molecule has 2 aromatic carbocycles. The monoisotopic (exact) mass is 416 g/mol. The molecule has 1 aliphatic rings. The van der Waals surface area contributed by atoms with Gasteiger partial charge in [-0.25, -0.2) is 0 Å². The Balaban J connectivity index is 1.38. The van der Waals surface area contributed by atoms with Crippen molar-refractivity contribution >= 4 is 11.6 Å². The van der Waals surface area contributed by atoms with Crippen molar-refractivity contribution in [2.75, 3.05) is 11.9 Å². The van der Waals surface area contributed by atoms with Gasteiger partial charge in [-0.2, -0.15) is 18.2 Å². The number of amides is 1. The summed E-state index contributed by atoms with van der Waals surface area (Å²) in [6.07, 6.45) is -2.60. The zero-order chi connectivity index (χ0) is 21.1. The second-order valence-corrected chi connectivity index (χ2v) is 7.06. The van der Waals surface area contributed by atoms with Crippen LogP contribution in [-0.4, -0.2) is 33.5 Å². The number of carbonyl (C=O) groups is 1. The van der Waals surface area contributed by atoms with E-state index in [1.54, 1.807) is 4.90 Å². The lowest BCUT2D eigenvalue weighted by atomic mass is 10.2. The van der Waals surface area contributed by atoms with E-state index in [1.165, 1.54) is 12.1 Å². The lowest BCUT2D eigenvalue weighted by Gasteiger charge is -2.21. The maximum absolute atomic E-state index is 12.7. The topological polar surface area (TPSA) is 71.3 Å². The first-order valence-electron chi connectivity index (χ1n) is 9.49. The van der Waals surface area contributed by atoms with Crippen LogP contribution in [0.2, 0.25) is 0 Å². The molecule has 0 atom stereocenters. The van der Waals surface area contributed by atoms with Gasteiger partial charge in [0.05, 0.1) is 12.1 Å². The van der Waals surface area contributed by atoms with Crippen molar-refractivity contribution in [2.45, 2.75) is 31.6 Å². The van der Waals surface area contributed by atoms with Crippen LogP contribution in [-0.2, 0) is 17.5 Å². The van der Waals surface area contributed by atoms with E-state index in [4.69, 9.17) is 4.52 Å². The van der Waals surface area contributed by atoms with E-state index in [9.17, 15) is 18.0 Å². The molecule has 6 nitrogen and oxygen atoms in total. The third-order valence-electron chi connectivity index (χ3n) is 4.77. The van der Waals surface area contributed by atoms with E-state index in [1.807, 2.05) is 30.3 Å². The van der Waals surface area contributed by atoms with Gasteiger partial charge < -0.3 is 14.7 Å². The standard InChI is InChI=1S/C21H19F3N4O2/c22-21(23,24)15-6-8-16(9-7-15)25-12-19(29)28(17-10-11-17)13-18-26-20(27-30-18)14-4-2-1-3-5-14/h1-9,17,25H,10-13H2. The van der Waals surface area contributed by atoms with Crippen LogP contribution < -0.4 is 5.32 Å². The summed E-state index contributed by atoms with van der Waals surface area (Å²) in [6.45, 7) is 0.152. The molecular formula is C21H19F3N4O2. The quantitative estimate of drug-likeness (QED) is 0.620. The molecule has 4 rings (SSSR count). The Kier molecular flexibility index (Phi) is 5.43. The largest absolute Gasteiger partial charge is 0.416 e. The molecule has 0 radical (unpaired) electrons. The lowest BCUT2D eigenvalue weighted by molar-refractivity contribution is -0.137. The summed E-state index contributed by atoms with van der Waals surface area (Å²) in [5, 5.41) is 6.85. The SMILES string of the molecule is O=C(CNc1ccc(C(F)(F)F)cc1)N(Cc1nc(-c2ccccc2)no1)C1CC1. The number of benzene rings is 2. The highest BCUT2D eigenvalue weighted by atomic mass is 19.4. The Morgan fingerprint density at radius 2 is 1.80 bits per heavy atom. The molecule has 1 fully saturated rings. The number of carbonyl (C=O) groups excluding carboxylic acids is 1. The minimum Gasteiger partial charge on any atom is -0.376 e. The van der Waals surface area contributed by atoms with E-state index >= 15 is 0 Å². The Morgan fingerprint density at radius 1 is 1.10 bits per heavy atom. The minimum atomic E-state index is -4.39. The van der Waals surface area contributed by atoms with E-state index in [0.717, 1.165) is 30.5 Å². The Bertz CT molecular complexity index is 999. The molecule has 1 amide bonds. The first-order valence-corrected chi connectivity index (χ1v) is 9.49. The number of rotatable bonds is 7. The van der Waals surface area contributed by atoms with Crippen LogP contribution in [0, 0.1) is 0 Å². The van der Waals surface area contributed by atoms with Crippen LogP contribution in [0.3, 0.4) is 0 Å². The van der Waals surface area contributed by atoms with E-state index in [2.05, 4.69) is 15.5 Å². The maximum atomic E-state index is 12.7. The molecule has 3 aromatic rings. The van der Waals surface area contributed by atoms with Gasteiger partial charge in [0.2, 0.25) is 17.6 Å². The van der Waals surface area contributed by atoms with Crippen LogP contribution in [0.1, 0.15) is 24.3 Å². The van der Waals surface area contributed by atoms with Crippen LogP contribution in [0.5, 0.6) is 0 Å². The first-order chi connectivity index (χ1) is 14.4. The number of aromatic nitrogens is 2. The summed E-state index contributed by atoms with van der Waals surface area (Å²) < 4.78 is 43.3. The van der Waals surface area contributed by atoms with E-state index in [-0.39, 0.29) is 25.0 Å². The fraction of sp³-hybridized carbons (Fsp3) is 0.286. The predicted molar refractivity (Wildman–Crippen MR) is 103 cm³/mol. The molecular weight excluding hydrogens is 397 g/mol. The van der Waals surface area contributed by atoms with E-state index < -0.39 is 11.7 Å². The number of nitrogens with one attached hydrogen (secondary N) is 1. The zero-order valence-corrected chi connectivity index (χ0v) is 15.9. The average Bonchev–Trinajstić information content (AvgIpc) is 3.48. The Labute approximate surface area is 170 Å². The van der Waals surface area contributed by atoms with Crippen molar-refractivity contribution in [3.63, 3.8) is 0 Å². The number of nitrogens with zero attached hydrogens (tertiary/aromatic N) is 3. The molecule has 1 N–H and O–H groups in total. The molecule has 1 heterocycles. The van der Waals surface area contributed by atoms with Gasteiger partial charge in [-0.1, -0.05) is 35.5 Å². The molecule has 0 aliphatic heterocycles. The molecule has 1 aromatic heterocycles. The maximum Gasteiger partial charge on any atom is 0.416 e. The normalized spacial score (nSPS) is 13.8. The number of anilines is 1. The molecule has 30 heavy (non-hydrogen) atoms. The van der Waals surface area contributed by atoms with Gasteiger partial charge in [-0.3, -0.25) is 4.79 Å². The second kappa shape index (κ2) is 8.17. The predicted octanol–water partition coefficient (Wildman–Crippen LogP) is 4.36. The van der Waals surface area contributed by atoms with Crippen molar-refractivity contribution < 1.29 is 22.5 Å². The molecule has 0 spiro atoms. The van der Waals surface area contributed by atoms with E-state index in [0.29, 0.717) is 17.4 Å². The van der Waals surface area contributed by atoms with Gasteiger partial charge >= 0.3 is 6.18 Å². The van der Waals surface area contributed by atoms with Gasteiger partial charge in [-0.05, 0) is 37.1 Å². The molecule has 0 unspecified atom stereocenters. The lowest BCUT2D eigenvalue weighted by Crippen LogP contribution is -2.36. The van der Waals surface area contributed by atoms with Crippen molar-refractivity contribution in [3.8, 4) is 11.4 Å². The highest BCUT2D eigenvalue weighted by Crippen LogP contribution is 2.30. The van der Waals surface area contributed by atoms with Gasteiger partial charge in [-0.15, -0.1) is 0 Å². The summed E-state index contributed by atoms with van der Waals surface area (Å²) in [6, 6.07) is 14.1. The van der Waals surface area contributed by atoms with Gasteiger partial charge in [0, 0.05) is 17.3 Å². The summed E-state index contributed by atoms with van der Waals surface area (Å²) in [7, 11) is 0. The minimum absolute atomic E-state index is 0.0401. The highest BCUT2D eigenvalue weighted by molar-refractivity contribution is 5.81. The van der Waals surface area contributed by atoms with Gasteiger partial charge in [0.25, 0.3) is 0 Å². The van der Waals surface area contributed by atoms with Crippen LogP contribution in [0.15, 0.2) is 59.1 Å². The summed E-state index contributed by atoms with van der Waals surface area (Å²) in [4.78, 5) is 18.7. The fourth-order valence-electron chi connectivity index (χ4n) is 3.03. The summed E-state index contributed by atoms with van der Waals surface area (Å²) in [5.41, 5.74) is 0.529. The third-order valence-corrected chi connectivity index (χ3v) is 4.77. The molecule has 0 saturated heterocycles. The van der Waals surface area contributed by atoms with Crippen molar-refractivity contribution in [1.29, 1.82) is 0 Å². The number of hydrogen-bond donors (Lipinski definition) is 1. The average molecular weight is 416 g/mol. The molecule has 9 heteroatoms. The highest BCUT2D eigenvalue weighted by Gasteiger charge is 2.34. The van der Waals surface area contributed by atoms with Crippen molar-refractivity contribution in [3.05, 3.63) is 66.1 Å². The van der Waals surface area contributed by atoms with Gasteiger partial charge in [0.15, 0.2) is 0 Å². The van der Waals surface area contributed by atoms with Crippen LogP contribution in [0.25, 0.3) is 11.4 Å². The molecule has 1 saturated carbocycles. The number of halogens is 3. The first kappa shape index (κ1) is 19.9. The van der Waals surface area contributed by atoms with Gasteiger partial charge in [0.1, 0.15) is 6.54 Å². The van der Waals surface area contributed by atoms with Crippen LogP contribution >= 0.6 is 0 Å². The summed E-state index contributed by atoms with van der Waals surface area (Å²) >= 11 is 0. The van der Waals surface area contributed by atoms with Crippen molar-refractivity contribution in [1.82, 2.24) is 15.0 Å². The Morgan fingerprint density at radius 3 is 2.43 bits per heavy atom. The number of hydrogen-bond acceptors (Lipinski definition) is 5. The Hall–Kier alpha value is -3.36. The summed E-state index contributed by atoms with van der Waals surface area (Å²) in [5.74, 6) is 0.608. The zero-order valence-electron chi connectivity index (χ0n) is 15.9. The second-order valence-electron chi connectivity index (χ2n) is 7.06. The molecule has 0 bridgehead atoms. The fourth-order valence-corrected chi connectivity index (χ4v) is 3.03. The van der Waals surface area contributed by atoms with Crippen molar-refractivity contribution in [2.24, 2.45) is 0 Å². The molecule has 1 aliphatic carbocycles. The third kappa shape index (κ3) is 4.79. The van der Waals surface area contributed by atoms with Crippen LogP contribution in [0.4, 0.5) is 18.9 Å². The number of alkyl halides is 3. The molecule has 156 valence electrons. The smallest absolute Gasteiger partial charge is 0.376 e.